The van der Waals surface area contributed by atoms with Crippen molar-refractivity contribution >= 4 is 28.7 Å². The molecule has 154 valence electrons. The highest BCUT2D eigenvalue weighted by atomic mass is 35.5. The SMILES string of the molecule is CCOC(=O)C(F)=C(CC)c1cc2c(c(Cl)c1OC)OC(C)(C)C=C2C(C)C. The average Bonchev–Trinajstić information content (AvgIpc) is 2.62. The highest BCUT2D eigenvalue weighted by Crippen LogP contribution is 2.50. The van der Waals surface area contributed by atoms with E-state index in [1.165, 1.54) is 7.11 Å². The summed E-state index contributed by atoms with van der Waals surface area (Å²) in [6.45, 7) is 11.5. The summed E-state index contributed by atoms with van der Waals surface area (Å²) in [7, 11) is 1.46. The quantitative estimate of drug-likeness (QED) is 0.413. The zero-order valence-electron chi connectivity index (χ0n) is 17.5. The molecular weight excluding hydrogens is 383 g/mol. The number of hydrogen-bond donors (Lipinski definition) is 0. The average molecular weight is 411 g/mol. The van der Waals surface area contributed by atoms with Gasteiger partial charge in [0.25, 0.3) is 0 Å². The summed E-state index contributed by atoms with van der Waals surface area (Å²) in [6.07, 6.45) is 2.31. The summed E-state index contributed by atoms with van der Waals surface area (Å²) < 4.78 is 31.3. The molecule has 0 fully saturated rings. The van der Waals surface area contributed by atoms with E-state index in [-0.39, 0.29) is 35.3 Å². The monoisotopic (exact) mass is 410 g/mol. The van der Waals surface area contributed by atoms with Gasteiger partial charge in [0.1, 0.15) is 16.4 Å². The van der Waals surface area contributed by atoms with Gasteiger partial charge in [0.15, 0.2) is 5.75 Å². The number of carbonyl (C=O) groups excluding carboxylic acids is 1. The lowest BCUT2D eigenvalue weighted by Crippen LogP contribution is -2.30. The lowest BCUT2D eigenvalue weighted by Gasteiger charge is -2.34. The number of ether oxygens (including phenoxy) is 3. The van der Waals surface area contributed by atoms with E-state index in [9.17, 15) is 9.18 Å². The lowest BCUT2D eigenvalue weighted by molar-refractivity contribution is -0.140. The Morgan fingerprint density at radius 2 is 1.96 bits per heavy atom. The number of carbonyl (C=O) groups is 1. The smallest absolute Gasteiger partial charge is 0.367 e. The molecule has 6 heteroatoms. The fourth-order valence-corrected chi connectivity index (χ4v) is 3.68. The second-order valence-corrected chi connectivity index (χ2v) is 7.85. The Kier molecular flexibility index (Phi) is 6.81. The van der Waals surface area contributed by atoms with E-state index < -0.39 is 17.4 Å². The molecule has 1 aromatic rings. The molecule has 4 nitrogen and oxygen atoms in total. The summed E-state index contributed by atoms with van der Waals surface area (Å²) in [5, 5.41) is 0.261. The maximum atomic E-state index is 14.9. The van der Waals surface area contributed by atoms with Crippen molar-refractivity contribution in [3.8, 4) is 11.5 Å². The summed E-state index contributed by atoms with van der Waals surface area (Å²) in [5.74, 6) is -0.954. The summed E-state index contributed by atoms with van der Waals surface area (Å²) in [4.78, 5) is 12.0. The third-order valence-corrected chi connectivity index (χ3v) is 4.92. The largest absolute Gasteiger partial charge is 0.494 e. The number of fused-ring (bicyclic) bond motifs is 1. The van der Waals surface area contributed by atoms with Crippen molar-refractivity contribution in [3.63, 3.8) is 0 Å². The maximum absolute atomic E-state index is 14.9. The van der Waals surface area contributed by atoms with Gasteiger partial charge < -0.3 is 14.2 Å². The van der Waals surface area contributed by atoms with E-state index in [1.54, 1.807) is 19.9 Å². The van der Waals surface area contributed by atoms with Crippen LogP contribution >= 0.6 is 11.6 Å². The fraction of sp³-hybridized carbons (Fsp3) is 0.500. The highest BCUT2D eigenvalue weighted by molar-refractivity contribution is 6.34. The number of allylic oxidation sites excluding steroid dienone is 2. The molecule has 0 bridgehead atoms. The molecule has 0 saturated heterocycles. The molecule has 1 aromatic carbocycles. The van der Waals surface area contributed by atoms with Crippen LogP contribution in [0.1, 0.15) is 59.1 Å². The van der Waals surface area contributed by atoms with Gasteiger partial charge in [-0.2, -0.15) is 4.39 Å². The van der Waals surface area contributed by atoms with E-state index in [0.29, 0.717) is 11.3 Å². The van der Waals surface area contributed by atoms with Crippen LogP contribution in [0.3, 0.4) is 0 Å². The van der Waals surface area contributed by atoms with Crippen LogP contribution in [0.25, 0.3) is 11.1 Å². The van der Waals surface area contributed by atoms with Crippen LogP contribution < -0.4 is 9.47 Å². The van der Waals surface area contributed by atoms with Crippen LogP contribution in [-0.2, 0) is 9.53 Å². The Bertz CT molecular complexity index is 837. The summed E-state index contributed by atoms with van der Waals surface area (Å²) >= 11 is 6.64. The molecule has 2 rings (SSSR count). The molecule has 1 aliphatic heterocycles. The number of hydrogen-bond acceptors (Lipinski definition) is 4. The van der Waals surface area contributed by atoms with E-state index in [1.807, 2.05) is 19.9 Å². The molecule has 0 radical (unpaired) electrons. The zero-order chi connectivity index (χ0) is 21.2. The minimum absolute atomic E-state index is 0.0918. The molecule has 0 aromatic heterocycles. The van der Waals surface area contributed by atoms with Crippen LogP contribution in [0.15, 0.2) is 18.0 Å². The van der Waals surface area contributed by atoms with Gasteiger partial charge in [0, 0.05) is 16.7 Å². The van der Waals surface area contributed by atoms with Crippen molar-refractivity contribution in [1.29, 1.82) is 0 Å². The van der Waals surface area contributed by atoms with Gasteiger partial charge in [-0.05, 0) is 50.8 Å². The van der Waals surface area contributed by atoms with Crippen molar-refractivity contribution in [1.82, 2.24) is 0 Å². The molecule has 0 aliphatic carbocycles. The van der Waals surface area contributed by atoms with Gasteiger partial charge in [-0.25, -0.2) is 4.79 Å². The number of methoxy groups -OCH3 is 1. The normalized spacial score (nSPS) is 16.0. The molecule has 0 atom stereocenters. The van der Waals surface area contributed by atoms with Gasteiger partial charge in [-0.15, -0.1) is 0 Å². The number of benzene rings is 1. The van der Waals surface area contributed by atoms with E-state index in [2.05, 4.69) is 13.8 Å². The molecule has 0 saturated carbocycles. The predicted octanol–water partition coefficient (Wildman–Crippen LogP) is 6.21. The Labute approximate surface area is 171 Å². The van der Waals surface area contributed by atoms with Crippen molar-refractivity contribution in [2.45, 2.75) is 53.6 Å². The Morgan fingerprint density at radius 1 is 1.32 bits per heavy atom. The van der Waals surface area contributed by atoms with Crippen molar-refractivity contribution in [2.75, 3.05) is 13.7 Å². The fourth-order valence-electron chi connectivity index (χ4n) is 3.36. The summed E-state index contributed by atoms with van der Waals surface area (Å²) in [5.41, 5.74) is 1.89. The van der Waals surface area contributed by atoms with Crippen LogP contribution in [0.2, 0.25) is 5.02 Å². The van der Waals surface area contributed by atoms with E-state index >= 15 is 0 Å². The minimum atomic E-state index is -0.993. The molecular formula is C22H28ClFO4. The second-order valence-electron chi connectivity index (χ2n) is 7.47. The van der Waals surface area contributed by atoms with Crippen LogP contribution in [0.5, 0.6) is 11.5 Å². The van der Waals surface area contributed by atoms with Crippen molar-refractivity contribution in [2.24, 2.45) is 5.92 Å². The van der Waals surface area contributed by atoms with Crippen LogP contribution in [0.4, 0.5) is 4.39 Å². The van der Waals surface area contributed by atoms with E-state index in [0.717, 1.165) is 11.1 Å². The van der Waals surface area contributed by atoms with Gasteiger partial charge in [-0.3, -0.25) is 0 Å². The minimum Gasteiger partial charge on any atom is -0.494 e. The molecule has 28 heavy (non-hydrogen) atoms. The standard InChI is InChI=1S/C22H28ClFO4/c1-8-13(18(24)21(25)27-9-2)14-10-15-16(12(3)4)11-22(5,6)28-20(15)17(23)19(14)26-7/h10-12H,8-9H2,1-7H3. The third-order valence-electron chi connectivity index (χ3n) is 4.58. The van der Waals surface area contributed by atoms with Crippen LogP contribution in [-0.4, -0.2) is 25.3 Å². The maximum Gasteiger partial charge on any atom is 0.367 e. The van der Waals surface area contributed by atoms with Gasteiger partial charge in [-0.1, -0.05) is 32.4 Å². The second kappa shape index (κ2) is 8.56. The van der Waals surface area contributed by atoms with Gasteiger partial charge in [0.2, 0.25) is 5.83 Å². The molecule has 0 amide bonds. The number of esters is 1. The Hall–Kier alpha value is -2.01. The van der Waals surface area contributed by atoms with Crippen molar-refractivity contribution < 1.29 is 23.4 Å². The predicted molar refractivity (Wildman–Crippen MR) is 110 cm³/mol. The first kappa shape index (κ1) is 22.3. The molecule has 1 aliphatic rings. The van der Waals surface area contributed by atoms with Gasteiger partial charge >= 0.3 is 5.97 Å². The first-order valence-electron chi connectivity index (χ1n) is 9.46. The first-order chi connectivity index (χ1) is 13.1. The van der Waals surface area contributed by atoms with Crippen molar-refractivity contribution in [3.05, 3.63) is 34.1 Å². The molecule has 0 N–H and O–H groups in total. The summed E-state index contributed by atoms with van der Waals surface area (Å²) in [6, 6.07) is 1.79. The molecule has 0 spiro atoms. The number of halogens is 2. The topological polar surface area (TPSA) is 44.8 Å². The number of rotatable bonds is 6. The molecule has 0 unspecified atom stereocenters. The zero-order valence-corrected chi connectivity index (χ0v) is 18.3. The third kappa shape index (κ3) is 4.19. The lowest BCUT2D eigenvalue weighted by atomic mass is 9.85. The Balaban J connectivity index is 2.81. The molecule has 1 heterocycles. The highest BCUT2D eigenvalue weighted by Gasteiger charge is 2.33. The van der Waals surface area contributed by atoms with Crippen LogP contribution in [0, 0.1) is 5.92 Å². The van der Waals surface area contributed by atoms with Gasteiger partial charge in [0.05, 0.1) is 13.7 Å². The first-order valence-corrected chi connectivity index (χ1v) is 9.84. The van der Waals surface area contributed by atoms with E-state index in [4.69, 9.17) is 25.8 Å². The Morgan fingerprint density at radius 3 is 2.46 bits per heavy atom.